The average Bonchev–Trinajstić information content (AvgIpc) is 2.51. The Labute approximate surface area is 101 Å². The molecule has 92 valence electrons. The predicted octanol–water partition coefficient (Wildman–Crippen LogP) is 1.60. The SMILES string of the molecule is CC(=O)c1ccc2c(c1)CC(C)N2S(C)(=O)=O. The highest BCUT2D eigenvalue weighted by Gasteiger charge is 2.32. The first kappa shape index (κ1) is 12.1. The monoisotopic (exact) mass is 253 g/mol. The highest BCUT2D eigenvalue weighted by molar-refractivity contribution is 7.92. The minimum Gasteiger partial charge on any atom is -0.295 e. The second kappa shape index (κ2) is 3.84. The minimum absolute atomic E-state index is 0.00161. The third-order valence-corrected chi connectivity index (χ3v) is 4.27. The van der Waals surface area contributed by atoms with Gasteiger partial charge in [-0.15, -0.1) is 0 Å². The molecule has 5 heteroatoms. The normalized spacial score (nSPS) is 19.2. The Bertz CT molecular complexity index is 577. The number of rotatable bonds is 2. The molecule has 0 radical (unpaired) electrons. The maximum atomic E-state index is 11.7. The van der Waals surface area contributed by atoms with Crippen molar-refractivity contribution < 1.29 is 13.2 Å². The van der Waals surface area contributed by atoms with Crippen molar-refractivity contribution in [1.82, 2.24) is 0 Å². The van der Waals surface area contributed by atoms with Crippen LogP contribution in [0.1, 0.15) is 29.8 Å². The quantitative estimate of drug-likeness (QED) is 0.752. The van der Waals surface area contributed by atoms with Gasteiger partial charge in [-0.1, -0.05) is 0 Å². The standard InChI is InChI=1S/C12H15NO3S/c1-8-6-11-7-10(9(2)14)4-5-12(11)13(8)17(3,15)16/h4-5,7-8H,6H2,1-3H3. The van der Waals surface area contributed by atoms with Crippen molar-refractivity contribution in [3.63, 3.8) is 0 Å². The molecule has 0 bridgehead atoms. The maximum Gasteiger partial charge on any atom is 0.232 e. The van der Waals surface area contributed by atoms with Crippen LogP contribution in [-0.2, 0) is 16.4 Å². The van der Waals surface area contributed by atoms with Gasteiger partial charge in [0.05, 0.1) is 11.9 Å². The lowest BCUT2D eigenvalue weighted by Crippen LogP contribution is -2.34. The first-order valence-corrected chi connectivity index (χ1v) is 7.29. The molecule has 1 aliphatic heterocycles. The molecule has 2 rings (SSSR count). The van der Waals surface area contributed by atoms with Gasteiger partial charge in [-0.2, -0.15) is 0 Å². The Morgan fingerprint density at radius 1 is 1.41 bits per heavy atom. The number of Topliss-reactive ketones (excluding diaryl/α,β-unsaturated/α-hetero) is 1. The van der Waals surface area contributed by atoms with Gasteiger partial charge in [0.2, 0.25) is 10.0 Å². The summed E-state index contributed by atoms with van der Waals surface area (Å²) in [4.78, 5) is 11.3. The number of sulfonamides is 1. The van der Waals surface area contributed by atoms with E-state index in [0.29, 0.717) is 17.7 Å². The Morgan fingerprint density at radius 3 is 2.59 bits per heavy atom. The van der Waals surface area contributed by atoms with Gasteiger partial charge >= 0.3 is 0 Å². The van der Waals surface area contributed by atoms with Gasteiger partial charge in [-0.3, -0.25) is 9.10 Å². The zero-order valence-electron chi connectivity index (χ0n) is 10.1. The summed E-state index contributed by atoms with van der Waals surface area (Å²) in [5, 5.41) is 0. The van der Waals surface area contributed by atoms with E-state index < -0.39 is 10.0 Å². The van der Waals surface area contributed by atoms with Crippen LogP contribution in [0.25, 0.3) is 0 Å². The van der Waals surface area contributed by atoms with Crippen LogP contribution >= 0.6 is 0 Å². The number of nitrogens with zero attached hydrogens (tertiary/aromatic N) is 1. The van der Waals surface area contributed by atoms with Crippen molar-refractivity contribution in [2.75, 3.05) is 10.6 Å². The molecule has 1 heterocycles. The van der Waals surface area contributed by atoms with Crippen molar-refractivity contribution in [1.29, 1.82) is 0 Å². The number of fused-ring (bicyclic) bond motifs is 1. The average molecular weight is 253 g/mol. The lowest BCUT2D eigenvalue weighted by molar-refractivity contribution is 0.101. The molecule has 4 nitrogen and oxygen atoms in total. The molecule has 0 N–H and O–H groups in total. The predicted molar refractivity (Wildman–Crippen MR) is 66.9 cm³/mol. The van der Waals surface area contributed by atoms with E-state index in [9.17, 15) is 13.2 Å². The van der Waals surface area contributed by atoms with Crippen LogP contribution in [0.15, 0.2) is 18.2 Å². The summed E-state index contributed by atoms with van der Waals surface area (Å²) in [5.74, 6) is -0.00161. The van der Waals surface area contributed by atoms with Crippen molar-refractivity contribution >= 4 is 21.5 Å². The molecule has 17 heavy (non-hydrogen) atoms. The lowest BCUT2D eigenvalue weighted by atomic mass is 10.1. The molecule has 1 aromatic carbocycles. The van der Waals surface area contributed by atoms with Crippen LogP contribution in [-0.4, -0.2) is 26.5 Å². The fourth-order valence-electron chi connectivity index (χ4n) is 2.33. The number of benzene rings is 1. The van der Waals surface area contributed by atoms with E-state index in [2.05, 4.69) is 0 Å². The van der Waals surface area contributed by atoms with Crippen molar-refractivity contribution in [3.8, 4) is 0 Å². The van der Waals surface area contributed by atoms with Crippen LogP contribution in [0.2, 0.25) is 0 Å². The van der Waals surface area contributed by atoms with Gasteiger partial charge in [-0.25, -0.2) is 8.42 Å². The van der Waals surface area contributed by atoms with E-state index in [1.165, 1.54) is 17.5 Å². The Kier molecular flexibility index (Phi) is 2.73. The van der Waals surface area contributed by atoms with Gasteiger partial charge in [-0.05, 0) is 44.0 Å². The van der Waals surface area contributed by atoms with Gasteiger partial charge in [0.15, 0.2) is 5.78 Å². The Morgan fingerprint density at radius 2 is 2.06 bits per heavy atom. The summed E-state index contributed by atoms with van der Waals surface area (Å²) in [5.41, 5.74) is 2.26. The fraction of sp³-hybridized carbons (Fsp3) is 0.417. The minimum atomic E-state index is -3.25. The zero-order valence-corrected chi connectivity index (χ0v) is 10.9. The Hall–Kier alpha value is -1.36. The molecule has 0 spiro atoms. The zero-order chi connectivity index (χ0) is 12.8. The molecule has 0 amide bonds. The number of hydrogen-bond donors (Lipinski definition) is 0. The first-order chi connectivity index (χ1) is 7.80. The van der Waals surface area contributed by atoms with E-state index in [4.69, 9.17) is 0 Å². The lowest BCUT2D eigenvalue weighted by Gasteiger charge is -2.21. The number of carbonyl (C=O) groups excluding carboxylic acids is 1. The second-order valence-corrected chi connectivity index (χ2v) is 6.37. The van der Waals surface area contributed by atoms with Crippen LogP contribution in [0, 0.1) is 0 Å². The largest absolute Gasteiger partial charge is 0.295 e. The molecular weight excluding hydrogens is 238 g/mol. The number of hydrogen-bond acceptors (Lipinski definition) is 3. The molecular formula is C12H15NO3S. The highest BCUT2D eigenvalue weighted by Crippen LogP contribution is 2.34. The second-order valence-electron chi connectivity index (χ2n) is 4.51. The molecule has 0 fully saturated rings. The first-order valence-electron chi connectivity index (χ1n) is 5.44. The highest BCUT2D eigenvalue weighted by atomic mass is 32.2. The fourth-order valence-corrected chi connectivity index (χ4v) is 3.59. The van der Waals surface area contributed by atoms with E-state index in [-0.39, 0.29) is 11.8 Å². The molecule has 0 saturated carbocycles. The molecule has 1 aliphatic rings. The van der Waals surface area contributed by atoms with E-state index in [0.717, 1.165) is 5.56 Å². The van der Waals surface area contributed by atoms with Crippen LogP contribution in [0.4, 0.5) is 5.69 Å². The van der Waals surface area contributed by atoms with Crippen LogP contribution in [0.3, 0.4) is 0 Å². The topological polar surface area (TPSA) is 54.5 Å². The van der Waals surface area contributed by atoms with Crippen molar-refractivity contribution in [3.05, 3.63) is 29.3 Å². The third-order valence-electron chi connectivity index (χ3n) is 3.00. The molecule has 1 atom stereocenters. The summed E-state index contributed by atoms with van der Waals surface area (Å²) in [6, 6.07) is 5.11. The van der Waals surface area contributed by atoms with E-state index >= 15 is 0 Å². The molecule has 1 aromatic rings. The van der Waals surface area contributed by atoms with Gasteiger partial charge in [0.1, 0.15) is 0 Å². The smallest absolute Gasteiger partial charge is 0.232 e. The van der Waals surface area contributed by atoms with Crippen LogP contribution in [0.5, 0.6) is 0 Å². The van der Waals surface area contributed by atoms with Gasteiger partial charge in [0, 0.05) is 11.6 Å². The van der Waals surface area contributed by atoms with E-state index in [1.807, 2.05) is 6.92 Å². The van der Waals surface area contributed by atoms with E-state index in [1.54, 1.807) is 18.2 Å². The summed E-state index contributed by atoms with van der Waals surface area (Å²) in [7, 11) is -3.25. The molecule has 1 unspecified atom stereocenters. The van der Waals surface area contributed by atoms with Crippen molar-refractivity contribution in [2.45, 2.75) is 26.3 Å². The Balaban J connectivity index is 2.53. The van der Waals surface area contributed by atoms with Gasteiger partial charge in [0.25, 0.3) is 0 Å². The summed E-state index contributed by atoms with van der Waals surface area (Å²) in [6.07, 6.45) is 1.86. The molecule has 0 saturated heterocycles. The van der Waals surface area contributed by atoms with Crippen molar-refractivity contribution in [2.24, 2.45) is 0 Å². The third kappa shape index (κ3) is 2.07. The number of anilines is 1. The molecule has 0 aliphatic carbocycles. The van der Waals surface area contributed by atoms with Crippen LogP contribution < -0.4 is 4.31 Å². The molecule has 0 aromatic heterocycles. The number of carbonyl (C=O) groups is 1. The summed E-state index contributed by atoms with van der Waals surface area (Å²) < 4.78 is 24.8. The summed E-state index contributed by atoms with van der Waals surface area (Å²) in [6.45, 7) is 3.38. The number of ketones is 1. The maximum absolute atomic E-state index is 11.7. The summed E-state index contributed by atoms with van der Waals surface area (Å²) >= 11 is 0. The van der Waals surface area contributed by atoms with Gasteiger partial charge < -0.3 is 0 Å².